The van der Waals surface area contributed by atoms with Crippen LogP contribution in [-0.2, 0) is 0 Å². The highest BCUT2D eigenvalue weighted by Gasteiger charge is 2.16. The fourth-order valence-corrected chi connectivity index (χ4v) is 2.23. The summed E-state index contributed by atoms with van der Waals surface area (Å²) in [5, 5.41) is 3.25. The van der Waals surface area contributed by atoms with Gasteiger partial charge in [-0.2, -0.15) is 0 Å². The Balaban J connectivity index is 2.34. The number of rotatable bonds is 6. The van der Waals surface area contributed by atoms with E-state index in [0.29, 0.717) is 40.1 Å². The molecule has 0 aromatic heterocycles. The van der Waals surface area contributed by atoms with Crippen molar-refractivity contribution < 1.29 is 19.0 Å². The van der Waals surface area contributed by atoms with Crippen molar-refractivity contribution in [3.8, 4) is 17.2 Å². The molecule has 0 bridgehead atoms. The molecule has 1 amide bonds. The molecule has 0 spiro atoms. The van der Waals surface area contributed by atoms with Gasteiger partial charge in [-0.05, 0) is 37.3 Å². The molecular formula is C17H18ClNO4. The largest absolute Gasteiger partial charge is 0.497 e. The zero-order chi connectivity index (χ0) is 16.8. The van der Waals surface area contributed by atoms with Gasteiger partial charge < -0.3 is 19.5 Å². The number of nitrogens with one attached hydrogen (secondary N) is 1. The van der Waals surface area contributed by atoms with Crippen LogP contribution in [0.4, 0.5) is 5.69 Å². The van der Waals surface area contributed by atoms with Gasteiger partial charge in [0.2, 0.25) is 0 Å². The standard InChI is InChI=1S/C17H18ClNO4/c1-4-23-15-7-5-11(18)9-13(15)17(20)19-14-10-12(21-2)6-8-16(14)22-3/h5-10H,4H2,1-3H3,(H,19,20). The summed E-state index contributed by atoms with van der Waals surface area (Å²) in [6, 6.07) is 10.1. The third-order valence-corrected chi connectivity index (χ3v) is 3.38. The van der Waals surface area contributed by atoms with Crippen LogP contribution in [0.2, 0.25) is 5.02 Å². The smallest absolute Gasteiger partial charge is 0.259 e. The molecule has 0 aliphatic carbocycles. The van der Waals surface area contributed by atoms with E-state index in [1.807, 2.05) is 6.92 Å². The van der Waals surface area contributed by atoms with E-state index in [9.17, 15) is 4.79 Å². The van der Waals surface area contributed by atoms with Gasteiger partial charge in [0.1, 0.15) is 17.2 Å². The van der Waals surface area contributed by atoms with Crippen LogP contribution in [0.15, 0.2) is 36.4 Å². The SMILES string of the molecule is CCOc1ccc(Cl)cc1C(=O)Nc1cc(OC)ccc1OC. The summed E-state index contributed by atoms with van der Waals surface area (Å²) < 4.78 is 15.9. The van der Waals surface area contributed by atoms with Gasteiger partial charge in [-0.15, -0.1) is 0 Å². The van der Waals surface area contributed by atoms with Crippen molar-refractivity contribution in [3.05, 3.63) is 47.0 Å². The molecule has 0 fully saturated rings. The van der Waals surface area contributed by atoms with E-state index in [0.717, 1.165) is 0 Å². The van der Waals surface area contributed by atoms with Gasteiger partial charge >= 0.3 is 0 Å². The van der Waals surface area contributed by atoms with Gasteiger partial charge in [0.25, 0.3) is 5.91 Å². The normalized spacial score (nSPS) is 10.1. The predicted octanol–water partition coefficient (Wildman–Crippen LogP) is 4.01. The summed E-state index contributed by atoms with van der Waals surface area (Å²) in [6.07, 6.45) is 0. The van der Waals surface area contributed by atoms with Crippen molar-refractivity contribution in [2.75, 3.05) is 26.1 Å². The summed E-state index contributed by atoms with van der Waals surface area (Å²) in [7, 11) is 3.08. The number of anilines is 1. The number of carbonyl (C=O) groups is 1. The Hall–Kier alpha value is -2.40. The minimum Gasteiger partial charge on any atom is -0.497 e. The summed E-state index contributed by atoms with van der Waals surface area (Å²) in [5.41, 5.74) is 0.850. The Morgan fingerprint density at radius 3 is 2.48 bits per heavy atom. The molecule has 0 heterocycles. The van der Waals surface area contributed by atoms with Crippen molar-refractivity contribution in [3.63, 3.8) is 0 Å². The first kappa shape index (κ1) is 17.0. The average Bonchev–Trinajstić information content (AvgIpc) is 2.56. The van der Waals surface area contributed by atoms with E-state index in [1.54, 1.807) is 43.5 Å². The molecule has 0 saturated heterocycles. The van der Waals surface area contributed by atoms with Gasteiger partial charge in [-0.3, -0.25) is 4.79 Å². The van der Waals surface area contributed by atoms with Gasteiger partial charge in [-0.1, -0.05) is 11.6 Å². The molecule has 0 aliphatic heterocycles. The number of benzene rings is 2. The predicted molar refractivity (Wildman–Crippen MR) is 90.1 cm³/mol. The van der Waals surface area contributed by atoms with Crippen LogP contribution in [0.5, 0.6) is 17.2 Å². The van der Waals surface area contributed by atoms with Crippen molar-refractivity contribution in [2.45, 2.75) is 6.92 Å². The number of hydrogen-bond acceptors (Lipinski definition) is 4. The minimum atomic E-state index is -0.345. The number of halogens is 1. The van der Waals surface area contributed by atoms with Crippen LogP contribution in [-0.4, -0.2) is 26.7 Å². The first-order valence-corrected chi connectivity index (χ1v) is 7.42. The number of ether oxygens (including phenoxy) is 3. The maximum atomic E-state index is 12.6. The molecule has 5 nitrogen and oxygen atoms in total. The zero-order valence-corrected chi connectivity index (χ0v) is 13.9. The number of amides is 1. The van der Waals surface area contributed by atoms with Crippen LogP contribution >= 0.6 is 11.6 Å². The lowest BCUT2D eigenvalue weighted by atomic mass is 10.1. The second-order valence-corrected chi connectivity index (χ2v) is 5.03. The molecule has 6 heteroatoms. The zero-order valence-electron chi connectivity index (χ0n) is 13.2. The van der Waals surface area contributed by atoms with Crippen molar-refractivity contribution in [1.82, 2.24) is 0 Å². The van der Waals surface area contributed by atoms with Crippen LogP contribution in [0, 0.1) is 0 Å². The highest BCUT2D eigenvalue weighted by atomic mass is 35.5. The minimum absolute atomic E-state index is 0.345. The quantitative estimate of drug-likeness (QED) is 0.866. The second kappa shape index (κ2) is 7.74. The lowest BCUT2D eigenvalue weighted by Crippen LogP contribution is -2.14. The third kappa shape index (κ3) is 4.07. The number of carbonyl (C=O) groups excluding carboxylic acids is 1. The van der Waals surface area contributed by atoms with E-state index in [-0.39, 0.29) is 5.91 Å². The van der Waals surface area contributed by atoms with Crippen molar-refractivity contribution >= 4 is 23.2 Å². The van der Waals surface area contributed by atoms with E-state index < -0.39 is 0 Å². The molecule has 0 unspecified atom stereocenters. The summed E-state index contributed by atoms with van der Waals surface area (Å²) >= 11 is 5.99. The number of hydrogen-bond donors (Lipinski definition) is 1. The first-order valence-electron chi connectivity index (χ1n) is 7.04. The Bertz CT molecular complexity index is 703. The van der Waals surface area contributed by atoms with Crippen LogP contribution in [0.3, 0.4) is 0 Å². The molecule has 1 N–H and O–H groups in total. The molecule has 2 aromatic rings. The molecule has 0 atom stereocenters. The molecule has 2 rings (SSSR count). The Morgan fingerprint density at radius 1 is 1.09 bits per heavy atom. The molecule has 0 radical (unpaired) electrons. The highest BCUT2D eigenvalue weighted by molar-refractivity contribution is 6.31. The van der Waals surface area contributed by atoms with Crippen molar-refractivity contribution in [2.24, 2.45) is 0 Å². The average molecular weight is 336 g/mol. The Morgan fingerprint density at radius 2 is 1.83 bits per heavy atom. The number of methoxy groups -OCH3 is 2. The van der Waals surface area contributed by atoms with Gasteiger partial charge in [0.05, 0.1) is 32.1 Å². The fraction of sp³-hybridized carbons (Fsp3) is 0.235. The Labute approximate surface area is 140 Å². The summed E-state index contributed by atoms with van der Waals surface area (Å²) in [6.45, 7) is 2.30. The fourth-order valence-electron chi connectivity index (χ4n) is 2.06. The van der Waals surface area contributed by atoms with Crippen LogP contribution in [0.1, 0.15) is 17.3 Å². The lowest BCUT2D eigenvalue weighted by molar-refractivity contribution is 0.102. The molecule has 2 aromatic carbocycles. The monoisotopic (exact) mass is 335 g/mol. The topological polar surface area (TPSA) is 56.8 Å². The first-order chi connectivity index (χ1) is 11.1. The Kier molecular flexibility index (Phi) is 5.71. The molecule has 0 saturated carbocycles. The maximum absolute atomic E-state index is 12.6. The maximum Gasteiger partial charge on any atom is 0.259 e. The van der Waals surface area contributed by atoms with E-state index in [4.69, 9.17) is 25.8 Å². The third-order valence-electron chi connectivity index (χ3n) is 3.14. The van der Waals surface area contributed by atoms with Gasteiger partial charge in [0.15, 0.2) is 0 Å². The van der Waals surface area contributed by atoms with E-state index in [2.05, 4.69) is 5.32 Å². The highest BCUT2D eigenvalue weighted by Crippen LogP contribution is 2.30. The summed E-state index contributed by atoms with van der Waals surface area (Å²) in [5.74, 6) is 1.26. The molecule has 23 heavy (non-hydrogen) atoms. The van der Waals surface area contributed by atoms with E-state index >= 15 is 0 Å². The second-order valence-electron chi connectivity index (χ2n) is 4.59. The van der Waals surface area contributed by atoms with E-state index in [1.165, 1.54) is 7.11 Å². The van der Waals surface area contributed by atoms with Crippen LogP contribution < -0.4 is 19.5 Å². The molecular weight excluding hydrogens is 318 g/mol. The van der Waals surface area contributed by atoms with Crippen molar-refractivity contribution in [1.29, 1.82) is 0 Å². The molecule has 122 valence electrons. The van der Waals surface area contributed by atoms with Gasteiger partial charge in [0, 0.05) is 11.1 Å². The van der Waals surface area contributed by atoms with Crippen LogP contribution in [0.25, 0.3) is 0 Å². The lowest BCUT2D eigenvalue weighted by Gasteiger charge is -2.14. The molecule has 0 aliphatic rings. The van der Waals surface area contributed by atoms with Gasteiger partial charge in [-0.25, -0.2) is 0 Å². The summed E-state index contributed by atoms with van der Waals surface area (Å²) in [4.78, 5) is 12.6.